The quantitative estimate of drug-likeness (QED) is 0.330. The van der Waals surface area contributed by atoms with E-state index in [9.17, 15) is 19.2 Å². The summed E-state index contributed by atoms with van der Waals surface area (Å²) in [5, 5.41) is 11.4. The third-order valence-corrected chi connectivity index (χ3v) is 6.79. The molecule has 0 atom stereocenters. The van der Waals surface area contributed by atoms with Gasteiger partial charge in [-0.1, -0.05) is 25.6 Å². The third kappa shape index (κ3) is 5.30. The zero-order valence-corrected chi connectivity index (χ0v) is 21.0. The van der Waals surface area contributed by atoms with Crippen molar-refractivity contribution in [1.29, 1.82) is 0 Å². The Labute approximate surface area is 203 Å². The molecule has 0 spiro atoms. The fraction of sp³-hybridized carbons (Fsp3) is 0.429. The van der Waals surface area contributed by atoms with Gasteiger partial charge in [-0.15, -0.1) is 21.5 Å². The molecule has 3 heterocycles. The van der Waals surface area contributed by atoms with Gasteiger partial charge in [0.25, 0.3) is 5.56 Å². The first kappa shape index (κ1) is 25.4. The molecular formula is C21H25N5O6S2. The number of amides is 1. The second kappa shape index (κ2) is 10.8. The SMILES string of the molecule is CCOC(=O)c1sc(NC(=O)CSc2nnc3[nH]c(=O)cc(C(C)C)n23)c(C(=O)OCC)c1C. The molecule has 0 saturated carbocycles. The Kier molecular flexibility index (Phi) is 8.10. The Hall–Kier alpha value is -3.19. The number of nitrogens with one attached hydrogen (secondary N) is 2. The van der Waals surface area contributed by atoms with Gasteiger partial charge in [-0.3, -0.25) is 19.0 Å². The second-order valence-electron chi connectivity index (χ2n) is 7.39. The van der Waals surface area contributed by atoms with Crippen molar-refractivity contribution in [1.82, 2.24) is 19.6 Å². The van der Waals surface area contributed by atoms with E-state index < -0.39 is 17.8 Å². The zero-order valence-electron chi connectivity index (χ0n) is 19.4. The number of rotatable bonds is 9. The summed E-state index contributed by atoms with van der Waals surface area (Å²) in [7, 11) is 0. The highest BCUT2D eigenvalue weighted by Gasteiger charge is 2.27. The maximum absolute atomic E-state index is 12.8. The largest absolute Gasteiger partial charge is 0.462 e. The Bertz CT molecular complexity index is 1290. The molecule has 0 unspecified atom stereocenters. The first-order valence-electron chi connectivity index (χ1n) is 10.6. The summed E-state index contributed by atoms with van der Waals surface area (Å²) in [5.41, 5.74) is 0.943. The van der Waals surface area contributed by atoms with Crippen LogP contribution in [0, 0.1) is 6.92 Å². The fourth-order valence-electron chi connectivity index (χ4n) is 3.18. The van der Waals surface area contributed by atoms with E-state index in [4.69, 9.17) is 9.47 Å². The number of thiophene rings is 1. The summed E-state index contributed by atoms with van der Waals surface area (Å²) < 4.78 is 11.9. The molecule has 3 rings (SSSR count). The van der Waals surface area contributed by atoms with Gasteiger partial charge in [-0.05, 0) is 32.3 Å². The molecular weight excluding hydrogens is 482 g/mol. The monoisotopic (exact) mass is 507 g/mol. The molecule has 3 aromatic heterocycles. The first-order chi connectivity index (χ1) is 16.2. The molecule has 0 aromatic carbocycles. The molecule has 182 valence electrons. The van der Waals surface area contributed by atoms with E-state index in [0.29, 0.717) is 16.4 Å². The maximum atomic E-state index is 12.8. The number of carbonyl (C=O) groups excluding carboxylic acids is 3. The van der Waals surface area contributed by atoms with Crippen molar-refractivity contribution >= 4 is 51.7 Å². The molecule has 0 radical (unpaired) electrons. The molecule has 2 N–H and O–H groups in total. The molecule has 13 heteroatoms. The van der Waals surface area contributed by atoms with E-state index in [1.807, 2.05) is 13.8 Å². The number of anilines is 1. The number of aromatic amines is 1. The van der Waals surface area contributed by atoms with Crippen molar-refractivity contribution in [2.75, 3.05) is 24.3 Å². The van der Waals surface area contributed by atoms with Gasteiger partial charge in [-0.2, -0.15) is 0 Å². The van der Waals surface area contributed by atoms with E-state index in [0.717, 1.165) is 23.1 Å². The van der Waals surface area contributed by atoms with Crippen LogP contribution in [0.25, 0.3) is 5.78 Å². The van der Waals surface area contributed by atoms with Crippen LogP contribution in [-0.4, -0.2) is 56.4 Å². The summed E-state index contributed by atoms with van der Waals surface area (Å²) >= 11 is 2.08. The number of thioether (sulfide) groups is 1. The minimum atomic E-state index is -0.635. The van der Waals surface area contributed by atoms with Crippen molar-refractivity contribution in [2.24, 2.45) is 0 Å². The van der Waals surface area contributed by atoms with Gasteiger partial charge in [0.2, 0.25) is 11.7 Å². The zero-order chi connectivity index (χ0) is 25.0. The van der Waals surface area contributed by atoms with Crippen molar-refractivity contribution in [3.63, 3.8) is 0 Å². The van der Waals surface area contributed by atoms with Gasteiger partial charge in [0.15, 0.2) is 5.16 Å². The van der Waals surface area contributed by atoms with E-state index in [1.54, 1.807) is 25.2 Å². The van der Waals surface area contributed by atoms with Gasteiger partial charge in [0.1, 0.15) is 9.88 Å². The normalized spacial score (nSPS) is 11.1. The molecule has 0 saturated heterocycles. The van der Waals surface area contributed by atoms with Crippen LogP contribution in [0.15, 0.2) is 16.0 Å². The van der Waals surface area contributed by atoms with Crippen molar-refractivity contribution < 1.29 is 23.9 Å². The fourth-order valence-corrected chi connectivity index (χ4v) is 5.04. The number of aromatic nitrogens is 4. The molecule has 0 aliphatic carbocycles. The summed E-state index contributed by atoms with van der Waals surface area (Å²) in [6.45, 7) is 9.16. The number of carbonyl (C=O) groups is 3. The van der Waals surface area contributed by atoms with Crippen LogP contribution >= 0.6 is 23.1 Å². The van der Waals surface area contributed by atoms with Crippen LogP contribution < -0.4 is 10.9 Å². The highest BCUT2D eigenvalue weighted by atomic mass is 32.2. The predicted octanol–water partition coefficient (Wildman–Crippen LogP) is 3.00. The van der Waals surface area contributed by atoms with Crippen LogP contribution in [-0.2, 0) is 14.3 Å². The topological polar surface area (TPSA) is 145 Å². The maximum Gasteiger partial charge on any atom is 0.348 e. The standard InChI is InChI=1S/C21H25N5O6S2/c1-6-31-18(29)15-11(5)16(19(30)32-7-2)34-17(15)22-14(28)9-33-21-25-24-20-23-13(27)8-12(10(3)4)26(20)21/h8,10H,6-7,9H2,1-5H3,(H,22,28)(H,23,24,27). The van der Waals surface area contributed by atoms with Crippen molar-refractivity contribution in [3.8, 4) is 0 Å². The van der Waals surface area contributed by atoms with E-state index in [1.165, 1.54) is 6.07 Å². The number of nitrogens with zero attached hydrogens (tertiary/aromatic N) is 3. The Morgan fingerprint density at radius 1 is 1.18 bits per heavy atom. The van der Waals surface area contributed by atoms with Gasteiger partial charge in [-0.25, -0.2) is 9.59 Å². The number of hydrogen-bond acceptors (Lipinski definition) is 10. The minimum absolute atomic E-state index is 0.0245. The number of fused-ring (bicyclic) bond motifs is 1. The average Bonchev–Trinajstić information content (AvgIpc) is 3.32. The summed E-state index contributed by atoms with van der Waals surface area (Å²) in [6, 6.07) is 1.47. The molecule has 34 heavy (non-hydrogen) atoms. The Morgan fingerprint density at radius 3 is 2.50 bits per heavy atom. The second-order valence-corrected chi connectivity index (χ2v) is 9.36. The number of ether oxygens (including phenoxy) is 2. The highest BCUT2D eigenvalue weighted by molar-refractivity contribution is 7.99. The average molecular weight is 508 g/mol. The van der Waals surface area contributed by atoms with Crippen LogP contribution in [0.3, 0.4) is 0 Å². The highest BCUT2D eigenvalue weighted by Crippen LogP contribution is 2.34. The lowest BCUT2D eigenvalue weighted by molar-refractivity contribution is -0.113. The van der Waals surface area contributed by atoms with Gasteiger partial charge < -0.3 is 14.8 Å². The van der Waals surface area contributed by atoms with E-state index >= 15 is 0 Å². The number of H-pyrrole nitrogens is 1. The van der Waals surface area contributed by atoms with Gasteiger partial charge >= 0.3 is 11.9 Å². The summed E-state index contributed by atoms with van der Waals surface area (Å²) in [6.07, 6.45) is 0. The molecule has 3 aromatic rings. The van der Waals surface area contributed by atoms with Gasteiger partial charge in [0.05, 0.1) is 24.5 Å². The predicted molar refractivity (Wildman–Crippen MR) is 128 cm³/mol. The molecule has 0 aliphatic heterocycles. The summed E-state index contributed by atoms with van der Waals surface area (Å²) in [4.78, 5) is 52.3. The lowest BCUT2D eigenvalue weighted by atomic mass is 10.1. The number of hydrogen-bond donors (Lipinski definition) is 2. The number of esters is 2. The van der Waals surface area contributed by atoms with Crippen molar-refractivity contribution in [2.45, 2.75) is 45.7 Å². The lowest BCUT2D eigenvalue weighted by Gasteiger charge is -2.10. The smallest absolute Gasteiger partial charge is 0.348 e. The van der Waals surface area contributed by atoms with E-state index in [-0.39, 0.29) is 51.7 Å². The third-order valence-electron chi connectivity index (χ3n) is 4.67. The molecule has 11 nitrogen and oxygen atoms in total. The minimum Gasteiger partial charge on any atom is -0.462 e. The van der Waals surface area contributed by atoms with Crippen LogP contribution in [0.4, 0.5) is 5.00 Å². The van der Waals surface area contributed by atoms with Crippen LogP contribution in [0.1, 0.15) is 64.9 Å². The Balaban J connectivity index is 1.84. The van der Waals surface area contributed by atoms with Crippen LogP contribution in [0.5, 0.6) is 0 Å². The van der Waals surface area contributed by atoms with Crippen molar-refractivity contribution in [3.05, 3.63) is 38.1 Å². The molecule has 0 bridgehead atoms. The lowest BCUT2D eigenvalue weighted by Crippen LogP contribution is -2.17. The van der Waals surface area contributed by atoms with Crippen LogP contribution in [0.2, 0.25) is 0 Å². The molecule has 0 fully saturated rings. The first-order valence-corrected chi connectivity index (χ1v) is 12.4. The van der Waals surface area contributed by atoms with E-state index in [2.05, 4.69) is 20.5 Å². The molecule has 1 amide bonds. The molecule has 0 aliphatic rings. The summed E-state index contributed by atoms with van der Waals surface area (Å²) in [5.74, 6) is -1.36. The van der Waals surface area contributed by atoms with Gasteiger partial charge in [0, 0.05) is 11.8 Å². The Morgan fingerprint density at radius 2 is 1.85 bits per heavy atom.